The van der Waals surface area contributed by atoms with Crippen LogP contribution in [-0.2, 0) is 0 Å². The largest absolute Gasteiger partial charge is 0.398 e. The molecule has 0 saturated heterocycles. The van der Waals surface area contributed by atoms with Crippen molar-refractivity contribution in [2.75, 3.05) is 5.73 Å². The molecule has 1 fully saturated rings. The van der Waals surface area contributed by atoms with Gasteiger partial charge in [-0.05, 0) is 79.1 Å². The maximum Gasteiger partial charge on any atom is 0.125 e. The Morgan fingerprint density at radius 3 is 2.46 bits per heavy atom. The molecule has 0 atom stereocenters. The molecule has 3 rings (SSSR count). The van der Waals surface area contributed by atoms with Gasteiger partial charge in [0.1, 0.15) is 5.84 Å². The van der Waals surface area contributed by atoms with E-state index in [2.05, 4.69) is 29.8 Å². The number of amidine groups is 1. The van der Waals surface area contributed by atoms with Crippen LogP contribution in [-0.4, -0.2) is 11.9 Å². The van der Waals surface area contributed by atoms with Crippen molar-refractivity contribution in [2.45, 2.75) is 44.0 Å². The Balaban J connectivity index is 1.89. The molecule has 4 nitrogen and oxygen atoms in total. The number of nitrogen functional groups attached to an aromatic ring is 2. The fraction of sp³-hybridized carbons (Fsp3) is 0.316. The third-order valence-electron chi connectivity index (χ3n) is 4.70. The molecule has 0 unspecified atom stereocenters. The van der Waals surface area contributed by atoms with Crippen molar-refractivity contribution in [3.8, 4) is 11.1 Å². The smallest absolute Gasteiger partial charge is 0.125 e. The lowest BCUT2D eigenvalue weighted by Crippen LogP contribution is -2.29. The number of anilines is 1. The number of aryl methyl sites for hydroxylation is 1. The second kappa shape index (κ2) is 6.87. The highest BCUT2D eigenvalue weighted by atomic mass is 32.2. The van der Waals surface area contributed by atoms with Gasteiger partial charge in [0.25, 0.3) is 0 Å². The number of nitrogens with two attached hydrogens (primary N) is 2. The summed E-state index contributed by atoms with van der Waals surface area (Å²) < 4.78 is 3.52. The van der Waals surface area contributed by atoms with Crippen LogP contribution in [0, 0.1) is 19.3 Å². The topological polar surface area (TPSA) is 87.9 Å². The van der Waals surface area contributed by atoms with Crippen LogP contribution in [0.15, 0.2) is 35.2 Å². The molecular weight excluding hydrogens is 316 g/mol. The fourth-order valence-electron chi connectivity index (χ4n) is 3.06. The number of hydrogen-bond acceptors (Lipinski definition) is 4. The molecule has 0 heterocycles. The van der Waals surface area contributed by atoms with Crippen molar-refractivity contribution in [3.05, 3.63) is 47.0 Å². The van der Waals surface area contributed by atoms with Gasteiger partial charge in [-0.25, -0.2) is 0 Å². The molecular formula is C19H24N4S. The molecule has 0 spiro atoms. The van der Waals surface area contributed by atoms with Crippen molar-refractivity contribution >= 4 is 23.5 Å². The Kier molecular flexibility index (Phi) is 4.83. The molecule has 0 radical (unpaired) electrons. The summed E-state index contributed by atoms with van der Waals surface area (Å²) in [6.45, 7) is 4.09. The Bertz CT molecular complexity index is 781. The summed E-state index contributed by atoms with van der Waals surface area (Å²) in [5.74, 6) is 0.0152. The van der Waals surface area contributed by atoms with Gasteiger partial charge in [0.2, 0.25) is 0 Å². The van der Waals surface area contributed by atoms with Gasteiger partial charge in [0.05, 0.1) is 0 Å². The Hall–Kier alpha value is -1.98. The van der Waals surface area contributed by atoms with E-state index in [1.165, 1.54) is 29.7 Å². The van der Waals surface area contributed by atoms with Gasteiger partial charge in [0.15, 0.2) is 0 Å². The van der Waals surface area contributed by atoms with Gasteiger partial charge >= 0.3 is 0 Å². The zero-order valence-electron chi connectivity index (χ0n) is 14.1. The molecule has 1 aliphatic carbocycles. The number of benzene rings is 2. The van der Waals surface area contributed by atoms with Crippen molar-refractivity contribution in [1.29, 1.82) is 5.41 Å². The van der Waals surface area contributed by atoms with Crippen molar-refractivity contribution in [1.82, 2.24) is 4.72 Å². The molecule has 2 aromatic rings. The van der Waals surface area contributed by atoms with E-state index in [9.17, 15) is 0 Å². The Morgan fingerprint density at radius 1 is 1.17 bits per heavy atom. The van der Waals surface area contributed by atoms with Crippen LogP contribution in [0.5, 0.6) is 0 Å². The highest BCUT2D eigenvalue weighted by Crippen LogP contribution is 2.33. The molecule has 0 aromatic heterocycles. The van der Waals surface area contributed by atoms with Crippen molar-refractivity contribution < 1.29 is 0 Å². The summed E-state index contributed by atoms with van der Waals surface area (Å²) in [7, 11) is 0. The first-order valence-electron chi connectivity index (χ1n) is 8.24. The van der Waals surface area contributed by atoms with E-state index in [1.54, 1.807) is 11.9 Å². The van der Waals surface area contributed by atoms with Gasteiger partial charge in [-0.2, -0.15) is 0 Å². The lowest BCUT2D eigenvalue weighted by molar-refractivity contribution is 0.395. The minimum absolute atomic E-state index is 0.0152. The third kappa shape index (κ3) is 3.28. The molecule has 1 saturated carbocycles. The van der Waals surface area contributed by atoms with Crippen LogP contribution in [0.25, 0.3) is 11.1 Å². The number of rotatable bonds is 5. The van der Waals surface area contributed by atoms with E-state index < -0.39 is 0 Å². The van der Waals surface area contributed by atoms with E-state index in [1.807, 2.05) is 19.1 Å². The summed E-state index contributed by atoms with van der Waals surface area (Å²) in [5, 5.41) is 7.77. The van der Waals surface area contributed by atoms with Gasteiger partial charge in [-0.15, -0.1) is 0 Å². The predicted molar refractivity (Wildman–Crippen MR) is 103 cm³/mol. The molecule has 5 heteroatoms. The molecule has 2 aromatic carbocycles. The van der Waals surface area contributed by atoms with Gasteiger partial charge in [0, 0.05) is 22.2 Å². The second-order valence-corrected chi connectivity index (χ2v) is 7.35. The van der Waals surface area contributed by atoms with Gasteiger partial charge < -0.3 is 11.5 Å². The monoisotopic (exact) mass is 340 g/mol. The zero-order valence-corrected chi connectivity index (χ0v) is 15.0. The van der Waals surface area contributed by atoms with E-state index in [4.69, 9.17) is 16.9 Å². The lowest BCUT2D eigenvalue weighted by Gasteiger charge is -2.25. The predicted octanol–water partition coefficient (Wildman–Crippen LogP) is 3.99. The van der Waals surface area contributed by atoms with E-state index in [0.29, 0.717) is 17.3 Å². The van der Waals surface area contributed by atoms with Gasteiger partial charge in [-0.3, -0.25) is 10.1 Å². The average Bonchev–Trinajstić information content (AvgIpc) is 2.46. The number of nitrogens with one attached hydrogen (secondary N) is 2. The summed E-state index contributed by atoms with van der Waals surface area (Å²) in [6.07, 6.45) is 3.90. The van der Waals surface area contributed by atoms with E-state index in [-0.39, 0.29) is 5.84 Å². The molecule has 6 N–H and O–H groups in total. The maximum absolute atomic E-state index is 7.77. The summed E-state index contributed by atoms with van der Waals surface area (Å²) >= 11 is 1.71. The molecule has 0 bridgehead atoms. The van der Waals surface area contributed by atoms with Crippen LogP contribution in [0.1, 0.15) is 36.0 Å². The standard InChI is InChI=1S/C19H24N4S/c1-11-10-14(24-23-13-4-3-5-13)6-7-15(11)16-8-9-17(20)18(12(16)2)19(21)22/h6-10,13,23H,3-5,20H2,1-2H3,(H3,21,22). The minimum atomic E-state index is 0.0152. The third-order valence-corrected chi connectivity index (χ3v) is 5.64. The zero-order chi connectivity index (χ0) is 17.3. The highest BCUT2D eigenvalue weighted by molar-refractivity contribution is 7.97. The summed E-state index contributed by atoms with van der Waals surface area (Å²) in [5.41, 5.74) is 17.3. The minimum Gasteiger partial charge on any atom is -0.398 e. The Morgan fingerprint density at radius 2 is 1.88 bits per heavy atom. The summed E-state index contributed by atoms with van der Waals surface area (Å²) in [4.78, 5) is 1.23. The normalized spacial score (nSPS) is 14.4. The average molecular weight is 340 g/mol. The first-order valence-corrected chi connectivity index (χ1v) is 9.06. The lowest BCUT2D eigenvalue weighted by atomic mass is 9.92. The SMILES string of the molecule is Cc1cc(SNC2CCC2)ccc1-c1ccc(N)c(C(=N)N)c1C. The van der Waals surface area contributed by atoms with Crippen LogP contribution in [0.3, 0.4) is 0 Å². The molecule has 0 aliphatic heterocycles. The van der Waals surface area contributed by atoms with Crippen LogP contribution in [0.2, 0.25) is 0 Å². The molecule has 126 valence electrons. The number of hydrogen-bond donors (Lipinski definition) is 4. The maximum atomic E-state index is 7.77. The first-order chi connectivity index (χ1) is 11.5. The van der Waals surface area contributed by atoms with Crippen molar-refractivity contribution in [3.63, 3.8) is 0 Å². The molecule has 1 aliphatic rings. The molecule has 0 amide bonds. The fourth-order valence-corrected chi connectivity index (χ4v) is 3.97. The molecule has 24 heavy (non-hydrogen) atoms. The highest BCUT2D eigenvalue weighted by Gasteiger charge is 2.17. The van der Waals surface area contributed by atoms with Crippen LogP contribution < -0.4 is 16.2 Å². The quantitative estimate of drug-likeness (QED) is 0.287. The summed E-state index contributed by atoms with van der Waals surface area (Å²) in [6, 6.07) is 11.0. The Labute approximate surface area is 147 Å². The second-order valence-electron chi connectivity index (χ2n) is 6.44. The first kappa shape index (κ1) is 16.9. The van der Waals surface area contributed by atoms with E-state index in [0.717, 1.165) is 16.7 Å². The van der Waals surface area contributed by atoms with Crippen LogP contribution >= 0.6 is 11.9 Å². The van der Waals surface area contributed by atoms with Crippen molar-refractivity contribution in [2.24, 2.45) is 5.73 Å². The van der Waals surface area contributed by atoms with E-state index >= 15 is 0 Å². The van der Waals surface area contributed by atoms with Crippen LogP contribution in [0.4, 0.5) is 5.69 Å². The van der Waals surface area contributed by atoms with Gasteiger partial charge in [-0.1, -0.05) is 18.6 Å².